The summed E-state index contributed by atoms with van der Waals surface area (Å²) in [4.78, 5) is 21.5. The maximum absolute atomic E-state index is 12.4. The molecule has 0 spiro atoms. The van der Waals surface area contributed by atoms with Gasteiger partial charge in [-0.3, -0.25) is 9.20 Å². The number of benzene rings is 2. The van der Waals surface area contributed by atoms with Crippen molar-refractivity contribution in [2.24, 2.45) is 0 Å². The normalized spacial score (nSPS) is 11.2. The fourth-order valence-electron chi connectivity index (χ4n) is 4.51. The second kappa shape index (κ2) is 10.0. The van der Waals surface area contributed by atoms with Crippen LogP contribution in [0.2, 0.25) is 5.15 Å². The molecular weight excluding hydrogens is 496 g/mol. The van der Waals surface area contributed by atoms with E-state index in [2.05, 4.69) is 38.7 Å². The molecule has 0 aliphatic rings. The van der Waals surface area contributed by atoms with Gasteiger partial charge in [-0.15, -0.1) is 10.2 Å². The molecule has 7 nitrogen and oxygen atoms in total. The van der Waals surface area contributed by atoms with E-state index in [4.69, 9.17) is 16.6 Å². The molecule has 186 valence electrons. The molecule has 0 atom stereocenters. The SMILES string of the molecule is Cc1nnc2c3cc(-c4ccccc4)c(-c4ccc(CNC(=O)Cc5ccc(Cl)nc5)cc4)nc3ccn12. The number of aromatic nitrogens is 5. The van der Waals surface area contributed by atoms with E-state index in [0.29, 0.717) is 11.7 Å². The van der Waals surface area contributed by atoms with Gasteiger partial charge in [-0.05, 0) is 41.8 Å². The maximum atomic E-state index is 12.4. The van der Waals surface area contributed by atoms with E-state index in [1.165, 1.54) is 0 Å². The number of fused-ring (bicyclic) bond motifs is 3. The molecule has 0 saturated heterocycles. The first-order chi connectivity index (χ1) is 18.5. The molecule has 0 radical (unpaired) electrons. The van der Waals surface area contributed by atoms with Gasteiger partial charge >= 0.3 is 0 Å². The Balaban J connectivity index is 1.29. The van der Waals surface area contributed by atoms with Gasteiger partial charge in [0, 0.05) is 35.5 Å². The zero-order chi connectivity index (χ0) is 26.1. The van der Waals surface area contributed by atoms with Crippen molar-refractivity contribution in [3.05, 3.63) is 113 Å². The highest BCUT2D eigenvalue weighted by Gasteiger charge is 2.15. The van der Waals surface area contributed by atoms with Gasteiger partial charge in [-0.2, -0.15) is 0 Å². The van der Waals surface area contributed by atoms with Crippen molar-refractivity contribution < 1.29 is 4.79 Å². The Morgan fingerprint density at radius 3 is 2.47 bits per heavy atom. The minimum atomic E-state index is -0.0733. The van der Waals surface area contributed by atoms with E-state index in [0.717, 1.165) is 55.9 Å². The van der Waals surface area contributed by atoms with Crippen LogP contribution in [-0.2, 0) is 17.8 Å². The molecule has 0 aliphatic heterocycles. The first-order valence-electron chi connectivity index (χ1n) is 12.2. The summed E-state index contributed by atoms with van der Waals surface area (Å²) in [6.45, 7) is 2.37. The van der Waals surface area contributed by atoms with Crippen molar-refractivity contribution in [2.45, 2.75) is 19.9 Å². The average Bonchev–Trinajstić information content (AvgIpc) is 3.34. The molecule has 2 aromatic carbocycles. The van der Waals surface area contributed by atoms with E-state index in [1.54, 1.807) is 18.3 Å². The predicted molar refractivity (Wildman–Crippen MR) is 149 cm³/mol. The lowest BCUT2D eigenvalue weighted by atomic mass is 9.97. The molecule has 6 aromatic rings. The van der Waals surface area contributed by atoms with Crippen LogP contribution in [0.3, 0.4) is 0 Å². The Morgan fingerprint density at radius 2 is 1.71 bits per heavy atom. The van der Waals surface area contributed by atoms with Crippen LogP contribution in [0.25, 0.3) is 38.9 Å². The number of hydrogen-bond donors (Lipinski definition) is 1. The first-order valence-corrected chi connectivity index (χ1v) is 12.6. The van der Waals surface area contributed by atoms with Crippen LogP contribution in [0.15, 0.2) is 91.3 Å². The fourth-order valence-corrected chi connectivity index (χ4v) is 4.62. The number of halogens is 1. The molecule has 6 rings (SSSR count). The summed E-state index contributed by atoms with van der Waals surface area (Å²) in [7, 11) is 0. The Hall–Kier alpha value is -4.62. The monoisotopic (exact) mass is 518 g/mol. The Morgan fingerprint density at radius 1 is 0.921 bits per heavy atom. The highest BCUT2D eigenvalue weighted by molar-refractivity contribution is 6.29. The summed E-state index contributed by atoms with van der Waals surface area (Å²) in [6, 6.07) is 26.0. The van der Waals surface area contributed by atoms with Crippen LogP contribution in [0.5, 0.6) is 0 Å². The van der Waals surface area contributed by atoms with Gasteiger partial charge in [-0.1, -0.05) is 72.3 Å². The van der Waals surface area contributed by atoms with Gasteiger partial charge in [0.05, 0.1) is 17.6 Å². The number of amides is 1. The first kappa shape index (κ1) is 23.8. The van der Waals surface area contributed by atoms with Gasteiger partial charge in [-0.25, -0.2) is 9.97 Å². The smallest absolute Gasteiger partial charge is 0.224 e. The molecule has 0 bridgehead atoms. The zero-order valence-corrected chi connectivity index (χ0v) is 21.4. The van der Waals surface area contributed by atoms with Crippen molar-refractivity contribution in [3.8, 4) is 22.4 Å². The van der Waals surface area contributed by atoms with Gasteiger partial charge in [0.25, 0.3) is 0 Å². The van der Waals surface area contributed by atoms with Crippen molar-refractivity contribution >= 4 is 34.1 Å². The summed E-state index contributed by atoms with van der Waals surface area (Å²) in [5, 5.41) is 13.0. The molecule has 4 aromatic heterocycles. The molecule has 1 N–H and O–H groups in total. The van der Waals surface area contributed by atoms with Crippen LogP contribution in [0, 0.1) is 6.92 Å². The Kier molecular flexibility index (Phi) is 6.27. The summed E-state index contributed by atoms with van der Waals surface area (Å²) < 4.78 is 1.98. The number of carbonyl (C=O) groups is 1. The third kappa shape index (κ3) is 4.71. The van der Waals surface area contributed by atoms with Gasteiger partial charge in [0.1, 0.15) is 11.0 Å². The molecule has 4 heterocycles. The average molecular weight is 519 g/mol. The highest BCUT2D eigenvalue weighted by atomic mass is 35.5. The molecular formula is C30H23ClN6O. The van der Waals surface area contributed by atoms with Gasteiger partial charge in [0.15, 0.2) is 5.65 Å². The van der Waals surface area contributed by atoms with E-state index in [1.807, 2.05) is 66.1 Å². The molecule has 1 amide bonds. The minimum Gasteiger partial charge on any atom is -0.352 e. The number of aryl methyl sites for hydroxylation is 1. The largest absolute Gasteiger partial charge is 0.352 e. The van der Waals surface area contributed by atoms with Crippen LogP contribution in [-0.4, -0.2) is 30.5 Å². The molecule has 0 saturated carbocycles. The standard InChI is InChI=1S/C30H23ClN6O/c1-19-35-36-30-25-16-24(22-5-3-2-4-6-22)29(34-26(25)13-14-37(19)30)23-10-7-20(8-11-23)17-33-28(38)15-21-9-12-27(31)32-18-21/h2-14,16,18H,15,17H2,1H3,(H,33,38). The van der Waals surface area contributed by atoms with E-state index >= 15 is 0 Å². The minimum absolute atomic E-state index is 0.0733. The number of rotatable bonds is 6. The van der Waals surface area contributed by atoms with E-state index < -0.39 is 0 Å². The maximum Gasteiger partial charge on any atom is 0.224 e. The lowest BCUT2D eigenvalue weighted by Crippen LogP contribution is -2.24. The fraction of sp³-hybridized carbons (Fsp3) is 0.100. The Bertz CT molecular complexity index is 1760. The van der Waals surface area contributed by atoms with Crippen molar-refractivity contribution in [1.29, 1.82) is 0 Å². The predicted octanol–water partition coefficient (Wildman–Crippen LogP) is 5.83. The lowest BCUT2D eigenvalue weighted by Gasteiger charge is -2.13. The molecule has 0 unspecified atom stereocenters. The van der Waals surface area contributed by atoms with Crippen LogP contribution >= 0.6 is 11.6 Å². The molecule has 8 heteroatoms. The van der Waals surface area contributed by atoms with Crippen LogP contribution in [0.4, 0.5) is 0 Å². The third-order valence-corrected chi connectivity index (χ3v) is 6.72. The number of carbonyl (C=O) groups excluding carboxylic acids is 1. The lowest BCUT2D eigenvalue weighted by molar-refractivity contribution is -0.120. The summed E-state index contributed by atoms with van der Waals surface area (Å²) in [5.74, 6) is 0.760. The van der Waals surface area contributed by atoms with Crippen LogP contribution < -0.4 is 5.32 Å². The molecule has 38 heavy (non-hydrogen) atoms. The van der Waals surface area contributed by atoms with Crippen molar-refractivity contribution in [2.75, 3.05) is 0 Å². The quantitative estimate of drug-likeness (QED) is 0.280. The number of nitrogens with zero attached hydrogens (tertiary/aromatic N) is 5. The topological polar surface area (TPSA) is 85.1 Å². The number of hydrogen-bond acceptors (Lipinski definition) is 5. The van der Waals surface area contributed by atoms with Gasteiger partial charge in [0.2, 0.25) is 5.91 Å². The van der Waals surface area contributed by atoms with Gasteiger partial charge < -0.3 is 5.32 Å². The summed E-state index contributed by atoms with van der Waals surface area (Å²) in [6.07, 6.45) is 3.83. The van der Waals surface area contributed by atoms with E-state index in [9.17, 15) is 4.79 Å². The second-order valence-corrected chi connectivity index (χ2v) is 9.47. The summed E-state index contributed by atoms with van der Waals surface area (Å²) >= 11 is 5.82. The van der Waals surface area contributed by atoms with Crippen molar-refractivity contribution in [1.82, 2.24) is 29.9 Å². The van der Waals surface area contributed by atoms with Crippen molar-refractivity contribution in [3.63, 3.8) is 0 Å². The molecule has 0 aliphatic carbocycles. The number of pyridine rings is 3. The second-order valence-electron chi connectivity index (χ2n) is 9.08. The number of nitrogens with one attached hydrogen (secondary N) is 1. The zero-order valence-electron chi connectivity index (χ0n) is 20.6. The van der Waals surface area contributed by atoms with Crippen LogP contribution in [0.1, 0.15) is 17.0 Å². The molecule has 0 fully saturated rings. The third-order valence-electron chi connectivity index (χ3n) is 6.50. The Labute approximate surface area is 224 Å². The highest BCUT2D eigenvalue weighted by Crippen LogP contribution is 2.34. The van der Waals surface area contributed by atoms with E-state index in [-0.39, 0.29) is 12.3 Å². The summed E-state index contributed by atoms with van der Waals surface area (Å²) in [5.41, 5.74) is 7.42.